The second-order valence-corrected chi connectivity index (χ2v) is 4.68. The summed E-state index contributed by atoms with van der Waals surface area (Å²) in [6.07, 6.45) is 3.18. The van der Waals surface area contributed by atoms with E-state index in [1.54, 1.807) is 13.2 Å². The van der Waals surface area contributed by atoms with Crippen molar-refractivity contribution < 1.29 is 14.6 Å². The van der Waals surface area contributed by atoms with Crippen LogP contribution in [0, 0.1) is 0 Å². The molecule has 0 aliphatic rings. The number of fused-ring (bicyclic) bond motifs is 1. The summed E-state index contributed by atoms with van der Waals surface area (Å²) in [5, 5.41) is 10.8. The van der Waals surface area contributed by atoms with Crippen molar-refractivity contribution in [2.75, 3.05) is 12.9 Å². The predicted molar refractivity (Wildman–Crippen MR) is 74.2 cm³/mol. The molecule has 2 aromatic rings. The summed E-state index contributed by atoms with van der Waals surface area (Å²) >= 11 is 1.31. The van der Waals surface area contributed by atoms with Crippen molar-refractivity contribution in [3.63, 3.8) is 0 Å². The molecule has 2 aromatic heterocycles. The average molecular weight is 295 g/mol. The van der Waals surface area contributed by atoms with E-state index in [0.29, 0.717) is 5.16 Å². The van der Waals surface area contributed by atoms with Crippen molar-refractivity contribution in [1.82, 2.24) is 14.5 Å². The highest BCUT2D eigenvalue weighted by atomic mass is 32.2. The van der Waals surface area contributed by atoms with E-state index in [1.165, 1.54) is 29.6 Å². The molecule has 2 rings (SSSR count). The lowest BCUT2D eigenvalue weighted by atomic mass is 10.2. The molecule has 20 heavy (non-hydrogen) atoms. The van der Waals surface area contributed by atoms with E-state index in [1.807, 2.05) is 0 Å². The van der Waals surface area contributed by atoms with Gasteiger partial charge in [-0.05, 0) is 13.2 Å². The van der Waals surface area contributed by atoms with Crippen molar-refractivity contribution >= 4 is 28.8 Å². The molecule has 0 fully saturated rings. The van der Waals surface area contributed by atoms with Gasteiger partial charge in [0.1, 0.15) is 5.75 Å². The lowest BCUT2D eigenvalue weighted by Crippen LogP contribution is -2.26. The highest BCUT2D eigenvalue weighted by Gasteiger charge is 2.23. The second kappa shape index (κ2) is 5.49. The van der Waals surface area contributed by atoms with Gasteiger partial charge < -0.3 is 9.84 Å². The van der Waals surface area contributed by atoms with Gasteiger partial charge in [0.25, 0.3) is 5.56 Å². The molecular formula is C12H13N3O4S. The largest absolute Gasteiger partial charge is 0.506 e. The SMILES string of the molecule is CCOC(=O)c1c(O)c2cnc(SC)nc2n(C)c1=O. The number of carbonyl (C=O) groups is 1. The van der Waals surface area contributed by atoms with Gasteiger partial charge in [0.05, 0.1) is 12.0 Å². The van der Waals surface area contributed by atoms with Crippen LogP contribution in [0.4, 0.5) is 0 Å². The number of pyridine rings is 1. The van der Waals surface area contributed by atoms with Gasteiger partial charge in [-0.2, -0.15) is 0 Å². The van der Waals surface area contributed by atoms with Gasteiger partial charge in [0, 0.05) is 13.2 Å². The monoisotopic (exact) mass is 295 g/mol. The molecule has 0 radical (unpaired) electrons. The minimum absolute atomic E-state index is 0.112. The molecule has 106 valence electrons. The van der Waals surface area contributed by atoms with Crippen molar-refractivity contribution in [2.45, 2.75) is 12.1 Å². The summed E-state index contributed by atoms with van der Waals surface area (Å²) < 4.78 is 5.98. The number of carbonyl (C=O) groups excluding carboxylic acids is 1. The Morgan fingerprint density at radius 1 is 1.55 bits per heavy atom. The van der Waals surface area contributed by atoms with Gasteiger partial charge in [-0.3, -0.25) is 9.36 Å². The molecule has 0 aliphatic carbocycles. The van der Waals surface area contributed by atoms with Crippen molar-refractivity contribution in [3.8, 4) is 5.75 Å². The number of thioether (sulfide) groups is 1. The van der Waals surface area contributed by atoms with Crippen LogP contribution in [0.3, 0.4) is 0 Å². The molecule has 1 N–H and O–H groups in total. The first kappa shape index (κ1) is 14.3. The third-order valence-electron chi connectivity index (χ3n) is 2.74. The van der Waals surface area contributed by atoms with Crippen LogP contribution in [0.2, 0.25) is 0 Å². The summed E-state index contributed by atoms with van der Waals surface area (Å²) in [5.41, 5.74) is -0.790. The minimum Gasteiger partial charge on any atom is -0.506 e. The molecule has 0 aliphatic heterocycles. The Hall–Kier alpha value is -2.09. The molecular weight excluding hydrogens is 282 g/mol. The fourth-order valence-electron chi connectivity index (χ4n) is 1.77. The lowest BCUT2D eigenvalue weighted by molar-refractivity contribution is 0.0520. The van der Waals surface area contributed by atoms with Gasteiger partial charge in [0.2, 0.25) is 0 Å². The zero-order valence-electron chi connectivity index (χ0n) is 11.2. The molecule has 0 saturated heterocycles. The van der Waals surface area contributed by atoms with Crippen LogP contribution in [0.1, 0.15) is 17.3 Å². The molecule has 0 bridgehead atoms. The van der Waals surface area contributed by atoms with E-state index in [9.17, 15) is 14.7 Å². The Morgan fingerprint density at radius 3 is 2.85 bits per heavy atom. The zero-order chi connectivity index (χ0) is 14.9. The van der Waals surface area contributed by atoms with E-state index >= 15 is 0 Å². The minimum atomic E-state index is -0.860. The Balaban J connectivity index is 2.81. The van der Waals surface area contributed by atoms with Crippen molar-refractivity contribution in [3.05, 3.63) is 22.1 Å². The van der Waals surface area contributed by atoms with Crippen LogP contribution < -0.4 is 5.56 Å². The number of esters is 1. The quantitative estimate of drug-likeness (QED) is 0.511. The third-order valence-corrected chi connectivity index (χ3v) is 3.30. The number of ether oxygens (including phenoxy) is 1. The maximum Gasteiger partial charge on any atom is 0.347 e. The molecule has 0 saturated carbocycles. The number of aromatic nitrogens is 3. The molecule has 8 heteroatoms. The molecule has 2 heterocycles. The number of nitrogens with zero attached hydrogens (tertiary/aromatic N) is 3. The van der Waals surface area contributed by atoms with E-state index in [4.69, 9.17) is 4.74 Å². The first-order valence-electron chi connectivity index (χ1n) is 5.81. The summed E-state index contributed by atoms with van der Waals surface area (Å²) in [6.45, 7) is 1.73. The molecule has 0 aromatic carbocycles. The number of hydrogen-bond acceptors (Lipinski definition) is 7. The van der Waals surface area contributed by atoms with Gasteiger partial charge in [-0.15, -0.1) is 0 Å². The average Bonchev–Trinajstić information content (AvgIpc) is 2.44. The van der Waals surface area contributed by atoms with E-state index in [0.717, 1.165) is 0 Å². The first-order valence-corrected chi connectivity index (χ1v) is 7.03. The molecule has 0 unspecified atom stereocenters. The summed E-state index contributed by atoms with van der Waals surface area (Å²) in [6, 6.07) is 0. The van der Waals surface area contributed by atoms with Gasteiger partial charge in [-0.25, -0.2) is 14.8 Å². The highest BCUT2D eigenvalue weighted by molar-refractivity contribution is 7.98. The van der Waals surface area contributed by atoms with Crippen LogP contribution in [0.15, 0.2) is 16.1 Å². The van der Waals surface area contributed by atoms with Crippen LogP contribution in [0.25, 0.3) is 11.0 Å². The fourth-order valence-corrected chi connectivity index (χ4v) is 2.10. The zero-order valence-corrected chi connectivity index (χ0v) is 12.0. The maximum atomic E-state index is 12.2. The highest BCUT2D eigenvalue weighted by Crippen LogP contribution is 2.25. The topological polar surface area (TPSA) is 94.3 Å². The van der Waals surface area contributed by atoms with Crippen LogP contribution in [-0.2, 0) is 11.8 Å². The first-order chi connectivity index (χ1) is 9.51. The smallest absolute Gasteiger partial charge is 0.347 e. The van der Waals surface area contributed by atoms with Crippen LogP contribution >= 0.6 is 11.8 Å². The number of aromatic hydroxyl groups is 1. The number of rotatable bonds is 3. The van der Waals surface area contributed by atoms with Gasteiger partial charge in [-0.1, -0.05) is 11.8 Å². The Morgan fingerprint density at radius 2 is 2.25 bits per heavy atom. The van der Waals surface area contributed by atoms with Crippen LogP contribution in [-0.4, -0.2) is 38.5 Å². The summed E-state index contributed by atoms with van der Waals surface area (Å²) in [5.74, 6) is -1.31. The summed E-state index contributed by atoms with van der Waals surface area (Å²) in [7, 11) is 1.48. The van der Waals surface area contributed by atoms with Gasteiger partial charge in [0.15, 0.2) is 16.4 Å². The molecule has 0 atom stereocenters. The second-order valence-electron chi connectivity index (χ2n) is 3.90. The molecule has 0 amide bonds. The van der Waals surface area contributed by atoms with Gasteiger partial charge >= 0.3 is 5.97 Å². The van der Waals surface area contributed by atoms with E-state index < -0.39 is 22.8 Å². The number of hydrogen-bond donors (Lipinski definition) is 1. The Bertz CT molecular complexity index is 742. The normalized spacial score (nSPS) is 10.8. The number of aryl methyl sites for hydroxylation is 1. The predicted octanol–water partition coefficient (Wildman–Crippen LogP) is 0.933. The standard InChI is InChI=1S/C12H13N3O4S/c1-4-19-11(18)7-8(16)6-5-13-12(20-3)14-9(6)15(2)10(7)17/h5,16H,4H2,1-3H3. The third kappa shape index (κ3) is 2.22. The van der Waals surface area contributed by atoms with E-state index in [-0.39, 0.29) is 17.6 Å². The molecule has 7 nitrogen and oxygen atoms in total. The summed E-state index contributed by atoms with van der Waals surface area (Å²) in [4.78, 5) is 32.1. The Labute approximate surface area is 118 Å². The maximum absolute atomic E-state index is 12.2. The van der Waals surface area contributed by atoms with Crippen molar-refractivity contribution in [2.24, 2.45) is 7.05 Å². The fraction of sp³-hybridized carbons (Fsp3) is 0.333. The van der Waals surface area contributed by atoms with Crippen LogP contribution in [0.5, 0.6) is 5.75 Å². The Kier molecular flexibility index (Phi) is 3.93. The van der Waals surface area contributed by atoms with Crippen molar-refractivity contribution in [1.29, 1.82) is 0 Å². The molecule has 0 spiro atoms. The van der Waals surface area contributed by atoms with E-state index in [2.05, 4.69) is 9.97 Å². The lowest BCUT2D eigenvalue weighted by Gasteiger charge is -2.10.